The summed E-state index contributed by atoms with van der Waals surface area (Å²) < 4.78 is 0. The summed E-state index contributed by atoms with van der Waals surface area (Å²) in [6.45, 7) is 3.20. The van der Waals surface area contributed by atoms with E-state index in [0.717, 1.165) is 48.9 Å². The predicted molar refractivity (Wildman–Crippen MR) is 110 cm³/mol. The van der Waals surface area contributed by atoms with Gasteiger partial charge in [-0.25, -0.2) is 0 Å². The van der Waals surface area contributed by atoms with Crippen molar-refractivity contribution in [2.24, 2.45) is 5.92 Å². The van der Waals surface area contributed by atoms with E-state index in [0.29, 0.717) is 24.5 Å². The molecule has 0 bridgehead atoms. The number of hydrogen-bond donors (Lipinski definition) is 0. The number of Topliss-reactive ketones (excluding diaryl/α,β-unsaturated/α-hetero) is 1. The fourth-order valence-electron chi connectivity index (χ4n) is 4.05. The van der Waals surface area contributed by atoms with E-state index in [1.807, 2.05) is 18.2 Å². The Morgan fingerprint density at radius 2 is 1.78 bits per heavy atom. The summed E-state index contributed by atoms with van der Waals surface area (Å²) in [6.07, 6.45) is 5.30. The molecule has 1 aliphatic rings. The Morgan fingerprint density at radius 1 is 0.963 bits per heavy atom. The number of carbonyl (C=O) groups excluding carboxylic acids is 1. The molecule has 0 atom stereocenters. The van der Waals surface area contributed by atoms with Crippen LogP contribution in [-0.4, -0.2) is 28.8 Å². The molecule has 1 saturated heterocycles. The SMILES string of the molecule is O=C(Cc1ccc2ncccc2c1)CC1CCN(Cc2ccccc2)CC1. The smallest absolute Gasteiger partial charge is 0.137 e. The van der Waals surface area contributed by atoms with Crippen molar-refractivity contribution in [3.05, 3.63) is 78.0 Å². The molecule has 138 valence electrons. The van der Waals surface area contributed by atoms with Gasteiger partial charge < -0.3 is 0 Å². The highest BCUT2D eigenvalue weighted by Crippen LogP contribution is 2.23. The normalized spacial score (nSPS) is 15.9. The number of pyridine rings is 1. The van der Waals surface area contributed by atoms with Crippen molar-refractivity contribution in [3.63, 3.8) is 0 Å². The summed E-state index contributed by atoms with van der Waals surface area (Å²) in [5.74, 6) is 0.895. The van der Waals surface area contributed by atoms with Gasteiger partial charge in [0.15, 0.2) is 0 Å². The zero-order valence-electron chi connectivity index (χ0n) is 15.7. The first-order valence-electron chi connectivity index (χ1n) is 9.88. The largest absolute Gasteiger partial charge is 0.299 e. The number of ketones is 1. The molecule has 1 fully saturated rings. The van der Waals surface area contributed by atoms with Gasteiger partial charge in [0.05, 0.1) is 5.52 Å². The third-order valence-electron chi connectivity index (χ3n) is 5.54. The van der Waals surface area contributed by atoms with E-state index in [-0.39, 0.29) is 0 Å². The van der Waals surface area contributed by atoms with Crippen LogP contribution in [0.25, 0.3) is 10.9 Å². The molecule has 0 unspecified atom stereocenters. The lowest BCUT2D eigenvalue weighted by atomic mass is 9.90. The van der Waals surface area contributed by atoms with Gasteiger partial charge in [-0.1, -0.05) is 42.5 Å². The third-order valence-corrected chi connectivity index (χ3v) is 5.54. The Hall–Kier alpha value is -2.52. The molecule has 1 aromatic heterocycles. The van der Waals surface area contributed by atoms with Crippen LogP contribution in [0.4, 0.5) is 0 Å². The zero-order chi connectivity index (χ0) is 18.5. The fraction of sp³-hybridized carbons (Fsp3) is 0.333. The van der Waals surface area contributed by atoms with Crippen molar-refractivity contribution in [2.45, 2.75) is 32.2 Å². The van der Waals surface area contributed by atoms with E-state index in [1.54, 1.807) is 6.20 Å². The summed E-state index contributed by atoms with van der Waals surface area (Å²) >= 11 is 0. The summed E-state index contributed by atoms with van der Waals surface area (Å²) in [6, 6.07) is 20.8. The Labute approximate surface area is 161 Å². The highest BCUT2D eigenvalue weighted by molar-refractivity contribution is 5.84. The summed E-state index contributed by atoms with van der Waals surface area (Å²) in [5, 5.41) is 1.11. The van der Waals surface area contributed by atoms with Crippen LogP contribution in [0.3, 0.4) is 0 Å². The minimum Gasteiger partial charge on any atom is -0.299 e. The zero-order valence-corrected chi connectivity index (χ0v) is 15.7. The van der Waals surface area contributed by atoms with Crippen LogP contribution in [0.1, 0.15) is 30.4 Å². The molecule has 0 aliphatic carbocycles. The standard InChI is InChI=1S/C24H26N2O/c27-23(17-21-8-9-24-22(15-21)7-4-12-25-24)16-19-10-13-26(14-11-19)18-20-5-2-1-3-6-20/h1-9,12,15,19H,10-11,13-14,16-18H2. The summed E-state index contributed by atoms with van der Waals surface area (Å²) in [7, 11) is 0. The van der Waals surface area contributed by atoms with Gasteiger partial charge in [-0.2, -0.15) is 0 Å². The Kier molecular flexibility index (Phi) is 5.59. The monoisotopic (exact) mass is 358 g/mol. The molecular weight excluding hydrogens is 332 g/mol. The molecule has 0 N–H and O–H groups in total. The van der Waals surface area contributed by atoms with Gasteiger partial charge >= 0.3 is 0 Å². The molecular formula is C24H26N2O. The first kappa shape index (κ1) is 17.9. The molecule has 2 heterocycles. The Bertz CT molecular complexity index is 898. The Balaban J connectivity index is 1.26. The maximum atomic E-state index is 12.6. The number of hydrogen-bond acceptors (Lipinski definition) is 3. The molecule has 3 nitrogen and oxygen atoms in total. The van der Waals surface area contributed by atoms with E-state index in [9.17, 15) is 4.79 Å². The number of carbonyl (C=O) groups is 1. The van der Waals surface area contributed by atoms with Crippen LogP contribution < -0.4 is 0 Å². The number of likely N-dealkylation sites (tertiary alicyclic amines) is 1. The number of piperidine rings is 1. The minimum atomic E-state index is 0.361. The van der Waals surface area contributed by atoms with Gasteiger partial charge in [-0.05, 0) is 61.2 Å². The van der Waals surface area contributed by atoms with Crippen LogP contribution in [0.2, 0.25) is 0 Å². The van der Waals surface area contributed by atoms with Crippen LogP contribution in [0.5, 0.6) is 0 Å². The second kappa shape index (κ2) is 8.45. The molecule has 0 radical (unpaired) electrons. The van der Waals surface area contributed by atoms with Crippen LogP contribution in [0, 0.1) is 5.92 Å². The second-order valence-electron chi connectivity index (χ2n) is 7.66. The first-order chi connectivity index (χ1) is 13.3. The maximum absolute atomic E-state index is 12.6. The van der Waals surface area contributed by atoms with E-state index in [2.05, 4.69) is 52.3 Å². The molecule has 4 rings (SSSR count). The molecule has 0 spiro atoms. The number of rotatable bonds is 6. The topological polar surface area (TPSA) is 33.2 Å². The second-order valence-corrected chi connectivity index (χ2v) is 7.66. The van der Waals surface area contributed by atoms with Crippen molar-refractivity contribution in [1.82, 2.24) is 9.88 Å². The number of benzene rings is 2. The van der Waals surface area contributed by atoms with Gasteiger partial charge in [0.1, 0.15) is 5.78 Å². The van der Waals surface area contributed by atoms with E-state index < -0.39 is 0 Å². The van der Waals surface area contributed by atoms with Crippen LogP contribution in [0.15, 0.2) is 66.9 Å². The third kappa shape index (κ3) is 4.81. The molecule has 0 amide bonds. The van der Waals surface area contributed by atoms with E-state index in [4.69, 9.17) is 0 Å². The van der Waals surface area contributed by atoms with Gasteiger partial charge in [0.25, 0.3) is 0 Å². The molecule has 0 saturated carbocycles. The van der Waals surface area contributed by atoms with Gasteiger partial charge in [-0.15, -0.1) is 0 Å². The molecule has 3 heteroatoms. The van der Waals surface area contributed by atoms with Crippen molar-refractivity contribution in [3.8, 4) is 0 Å². The molecule has 2 aromatic carbocycles. The Morgan fingerprint density at radius 3 is 2.59 bits per heavy atom. The molecule has 27 heavy (non-hydrogen) atoms. The lowest BCUT2D eigenvalue weighted by Gasteiger charge is -2.31. The van der Waals surface area contributed by atoms with Crippen LogP contribution in [-0.2, 0) is 17.8 Å². The first-order valence-corrected chi connectivity index (χ1v) is 9.88. The lowest BCUT2D eigenvalue weighted by molar-refractivity contribution is -0.119. The van der Waals surface area contributed by atoms with Crippen LogP contribution >= 0.6 is 0 Å². The average Bonchev–Trinajstić information content (AvgIpc) is 2.70. The van der Waals surface area contributed by atoms with Crippen molar-refractivity contribution < 1.29 is 4.79 Å². The maximum Gasteiger partial charge on any atom is 0.137 e. The van der Waals surface area contributed by atoms with Gasteiger partial charge in [0, 0.05) is 31.0 Å². The highest BCUT2D eigenvalue weighted by Gasteiger charge is 2.21. The fourth-order valence-corrected chi connectivity index (χ4v) is 4.05. The van der Waals surface area contributed by atoms with Gasteiger partial charge in [-0.3, -0.25) is 14.7 Å². The number of aromatic nitrogens is 1. The minimum absolute atomic E-state index is 0.361. The number of nitrogens with zero attached hydrogens (tertiary/aromatic N) is 2. The summed E-state index contributed by atoms with van der Waals surface area (Å²) in [5.41, 5.74) is 3.46. The number of fused-ring (bicyclic) bond motifs is 1. The average molecular weight is 358 g/mol. The van der Waals surface area contributed by atoms with Crippen molar-refractivity contribution in [1.29, 1.82) is 0 Å². The van der Waals surface area contributed by atoms with Gasteiger partial charge in [0.2, 0.25) is 0 Å². The van der Waals surface area contributed by atoms with Crippen molar-refractivity contribution in [2.75, 3.05) is 13.1 Å². The summed E-state index contributed by atoms with van der Waals surface area (Å²) in [4.78, 5) is 19.4. The van der Waals surface area contributed by atoms with Crippen molar-refractivity contribution >= 4 is 16.7 Å². The lowest BCUT2D eigenvalue weighted by Crippen LogP contribution is -2.34. The molecule has 3 aromatic rings. The highest BCUT2D eigenvalue weighted by atomic mass is 16.1. The predicted octanol–water partition coefficient (Wildman–Crippen LogP) is 4.65. The van der Waals surface area contributed by atoms with E-state index in [1.165, 1.54) is 5.56 Å². The molecule has 1 aliphatic heterocycles. The van der Waals surface area contributed by atoms with E-state index >= 15 is 0 Å². The quantitative estimate of drug-likeness (QED) is 0.643.